The molecule has 0 aliphatic carbocycles. The summed E-state index contributed by atoms with van der Waals surface area (Å²) >= 11 is 0. The van der Waals surface area contributed by atoms with Crippen LogP contribution < -0.4 is 20.3 Å². The van der Waals surface area contributed by atoms with Crippen LogP contribution in [-0.2, 0) is 13.5 Å². The average Bonchev–Trinajstić information content (AvgIpc) is 3.31. The highest BCUT2D eigenvalue weighted by molar-refractivity contribution is 5.80. The Morgan fingerprint density at radius 2 is 2.17 bits per heavy atom. The summed E-state index contributed by atoms with van der Waals surface area (Å²) in [4.78, 5) is 6.86. The van der Waals surface area contributed by atoms with Crippen LogP contribution in [0.15, 0.2) is 29.3 Å². The number of benzene rings is 1. The lowest BCUT2D eigenvalue weighted by molar-refractivity contribution is 0.415. The van der Waals surface area contributed by atoms with E-state index >= 15 is 0 Å². The number of anilines is 1. The molecule has 2 heterocycles. The summed E-state index contributed by atoms with van der Waals surface area (Å²) in [7, 11) is 5.55. The third-order valence-corrected chi connectivity index (χ3v) is 6.04. The van der Waals surface area contributed by atoms with Crippen molar-refractivity contribution in [3.05, 3.63) is 41.2 Å². The van der Waals surface area contributed by atoms with E-state index in [0.29, 0.717) is 5.92 Å². The number of aliphatic imine (C=N–C) groups is 1. The predicted molar refractivity (Wildman–Crippen MR) is 124 cm³/mol. The summed E-state index contributed by atoms with van der Waals surface area (Å²) in [5.74, 6) is 2.36. The normalized spacial score (nSPS) is 17.9. The van der Waals surface area contributed by atoms with Crippen molar-refractivity contribution in [3.8, 4) is 5.75 Å². The zero-order chi connectivity index (χ0) is 21.7. The van der Waals surface area contributed by atoms with Crippen LogP contribution in [-0.4, -0.2) is 55.6 Å². The number of guanidine groups is 1. The molecule has 0 amide bonds. The molecule has 1 aliphatic rings. The third kappa shape index (κ3) is 5.26. The maximum Gasteiger partial charge on any atom is 0.191 e. The van der Waals surface area contributed by atoms with E-state index < -0.39 is 0 Å². The van der Waals surface area contributed by atoms with E-state index in [1.165, 1.54) is 23.4 Å². The number of rotatable bonds is 7. The summed E-state index contributed by atoms with van der Waals surface area (Å²) in [5, 5.41) is 11.6. The van der Waals surface area contributed by atoms with Crippen LogP contribution >= 0.6 is 0 Å². The first kappa shape index (κ1) is 22.0. The molecule has 1 aromatic carbocycles. The summed E-state index contributed by atoms with van der Waals surface area (Å²) in [6.45, 7) is 9.43. The van der Waals surface area contributed by atoms with Crippen LogP contribution in [0.5, 0.6) is 5.75 Å². The van der Waals surface area contributed by atoms with Crippen molar-refractivity contribution in [2.45, 2.75) is 39.7 Å². The molecule has 1 saturated heterocycles. The van der Waals surface area contributed by atoms with Gasteiger partial charge in [-0.2, -0.15) is 5.10 Å². The van der Waals surface area contributed by atoms with Gasteiger partial charge in [-0.1, -0.05) is 6.07 Å². The largest absolute Gasteiger partial charge is 0.497 e. The SMILES string of the molecule is CN=C(NCC1CCN(c2cccc(OC)c2)C1)NC(C)Cc1c(C)nn(C)c1C. The first-order chi connectivity index (χ1) is 14.4. The minimum Gasteiger partial charge on any atom is -0.497 e. The molecule has 3 rings (SSSR count). The van der Waals surface area contributed by atoms with Crippen LogP contribution in [0.1, 0.15) is 30.3 Å². The second kappa shape index (κ2) is 9.87. The van der Waals surface area contributed by atoms with E-state index in [0.717, 1.165) is 43.5 Å². The fraction of sp³-hybridized carbons (Fsp3) is 0.565. The van der Waals surface area contributed by atoms with E-state index in [-0.39, 0.29) is 6.04 Å². The molecule has 0 spiro atoms. The van der Waals surface area contributed by atoms with Crippen molar-refractivity contribution in [2.75, 3.05) is 38.7 Å². The molecule has 7 nitrogen and oxygen atoms in total. The van der Waals surface area contributed by atoms with E-state index in [1.54, 1.807) is 7.11 Å². The van der Waals surface area contributed by atoms with Crippen LogP contribution in [0.3, 0.4) is 0 Å². The van der Waals surface area contributed by atoms with Crippen molar-refractivity contribution >= 4 is 11.6 Å². The Bertz CT molecular complexity index is 875. The summed E-state index contributed by atoms with van der Waals surface area (Å²) in [6.07, 6.45) is 2.10. The smallest absolute Gasteiger partial charge is 0.191 e. The monoisotopic (exact) mass is 412 g/mol. The van der Waals surface area contributed by atoms with Crippen molar-refractivity contribution in [1.82, 2.24) is 20.4 Å². The van der Waals surface area contributed by atoms with Gasteiger partial charge in [0, 0.05) is 57.2 Å². The highest BCUT2D eigenvalue weighted by atomic mass is 16.5. The number of ether oxygens (including phenoxy) is 1. The summed E-state index contributed by atoms with van der Waals surface area (Å²) in [5.41, 5.74) is 4.88. The highest BCUT2D eigenvalue weighted by Gasteiger charge is 2.23. The number of hydrogen-bond donors (Lipinski definition) is 2. The van der Waals surface area contributed by atoms with Crippen molar-refractivity contribution < 1.29 is 4.74 Å². The Morgan fingerprint density at radius 1 is 1.37 bits per heavy atom. The maximum atomic E-state index is 5.36. The van der Waals surface area contributed by atoms with Crippen molar-refractivity contribution in [3.63, 3.8) is 0 Å². The molecule has 2 aromatic rings. The number of aromatic nitrogens is 2. The van der Waals surface area contributed by atoms with Crippen molar-refractivity contribution in [2.24, 2.45) is 18.0 Å². The number of nitrogens with zero attached hydrogens (tertiary/aromatic N) is 4. The fourth-order valence-electron chi connectivity index (χ4n) is 4.18. The van der Waals surface area contributed by atoms with Crippen LogP contribution in [0.25, 0.3) is 0 Å². The van der Waals surface area contributed by atoms with E-state index in [9.17, 15) is 0 Å². The number of methoxy groups -OCH3 is 1. The van der Waals surface area contributed by atoms with Crippen LogP contribution in [0.2, 0.25) is 0 Å². The lowest BCUT2D eigenvalue weighted by Crippen LogP contribution is -2.45. The van der Waals surface area contributed by atoms with Gasteiger partial charge in [0.15, 0.2) is 5.96 Å². The molecule has 2 unspecified atom stereocenters. The van der Waals surface area contributed by atoms with Gasteiger partial charge in [0.1, 0.15) is 5.75 Å². The molecular formula is C23H36N6O. The number of nitrogens with one attached hydrogen (secondary N) is 2. The zero-order valence-corrected chi connectivity index (χ0v) is 19.2. The van der Waals surface area contributed by atoms with Gasteiger partial charge in [-0.15, -0.1) is 0 Å². The topological polar surface area (TPSA) is 66.7 Å². The third-order valence-electron chi connectivity index (χ3n) is 6.04. The quantitative estimate of drug-likeness (QED) is 0.541. The first-order valence-electron chi connectivity index (χ1n) is 10.8. The van der Waals surface area contributed by atoms with Gasteiger partial charge in [0.25, 0.3) is 0 Å². The second-order valence-electron chi connectivity index (χ2n) is 8.28. The fourth-order valence-corrected chi connectivity index (χ4v) is 4.18. The minimum absolute atomic E-state index is 0.273. The molecule has 164 valence electrons. The maximum absolute atomic E-state index is 5.36. The number of hydrogen-bond acceptors (Lipinski definition) is 4. The molecule has 0 radical (unpaired) electrons. The predicted octanol–water partition coefficient (Wildman–Crippen LogP) is 2.67. The Labute approximate surface area is 180 Å². The Hall–Kier alpha value is -2.70. The lowest BCUT2D eigenvalue weighted by Gasteiger charge is -2.21. The molecule has 2 atom stereocenters. The summed E-state index contributed by atoms with van der Waals surface area (Å²) in [6, 6.07) is 8.58. The van der Waals surface area contributed by atoms with Gasteiger partial charge in [0.2, 0.25) is 0 Å². The van der Waals surface area contributed by atoms with Gasteiger partial charge in [-0.25, -0.2) is 0 Å². The molecule has 30 heavy (non-hydrogen) atoms. The standard InChI is InChI=1S/C23H36N6O/c1-16(12-22-17(2)27-28(5)18(22)3)26-23(24-4)25-14-19-10-11-29(15-19)20-8-7-9-21(13-20)30-6/h7-9,13,16,19H,10-12,14-15H2,1-6H3,(H2,24,25,26). The van der Waals surface area contributed by atoms with Crippen LogP contribution in [0.4, 0.5) is 5.69 Å². The Morgan fingerprint density at radius 3 is 2.83 bits per heavy atom. The van der Waals surface area contributed by atoms with Gasteiger partial charge in [-0.05, 0) is 57.2 Å². The zero-order valence-electron chi connectivity index (χ0n) is 19.2. The molecule has 1 fully saturated rings. The molecule has 1 aromatic heterocycles. The van der Waals surface area contributed by atoms with Gasteiger partial charge in [-0.3, -0.25) is 9.67 Å². The van der Waals surface area contributed by atoms with Gasteiger partial charge < -0.3 is 20.3 Å². The average molecular weight is 413 g/mol. The second-order valence-corrected chi connectivity index (χ2v) is 8.28. The lowest BCUT2D eigenvalue weighted by atomic mass is 10.1. The van der Waals surface area contributed by atoms with E-state index in [2.05, 4.69) is 64.6 Å². The van der Waals surface area contributed by atoms with E-state index in [1.807, 2.05) is 24.8 Å². The molecule has 0 saturated carbocycles. The molecule has 0 bridgehead atoms. The molecule has 7 heteroatoms. The molecule has 2 N–H and O–H groups in total. The Balaban J connectivity index is 1.48. The highest BCUT2D eigenvalue weighted by Crippen LogP contribution is 2.26. The Kier molecular flexibility index (Phi) is 7.24. The minimum atomic E-state index is 0.273. The van der Waals surface area contributed by atoms with Gasteiger partial charge in [0.05, 0.1) is 12.8 Å². The first-order valence-corrected chi connectivity index (χ1v) is 10.8. The van der Waals surface area contributed by atoms with Crippen LogP contribution in [0, 0.1) is 19.8 Å². The van der Waals surface area contributed by atoms with E-state index in [4.69, 9.17) is 4.74 Å². The van der Waals surface area contributed by atoms with Gasteiger partial charge >= 0.3 is 0 Å². The van der Waals surface area contributed by atoms with Crippen molar-refractivity contribution in [1.29, 1.82) is 0 Å². The summed E-state index contributed by atoms with van der Waals surface area (Å²) < 4.78 is 7.32. The molecular weight excluding hydrogens is 376 g/mol. The molecule has 1 aliphatic heterocycles. The number of aryl methyl sites for hydroxylation is 2.